The molecule has 0 aliphatic carbocycles. The molecular weight excluding hydrogens is 292 g/mol. The second-order valence-electron chi connectivity index (χ2n) is 5.03. The van der Waals surface area contributed by atoms with Crippen LogP contribution in [0.2, 0.25) is 5.02 Å². The molecule has 0 saturated heterocycles. The zero-order valence-electron chi connectivity index (χ0n) is 11.8. The first kappa shape index (κ1) is 15.4. The number of aromatic nitrogens is 1. The van der Waals surface area contributed by atoms with Gasteiger partial charge < -0.3 is 15.4 Å². The lowest BCUT2D eigenvalue weighted by Gasteiger charge is -2.19. The molecule has 2 aromatic rings. The van der Waals surface area contributed by atoms with Gasteiger partial charge in [0.1, 0.15) is 11.7 Å². The quantitative estimate of drug-likeness (QED) is 0.794. The largest absolute Gasteiger partial charge is 0.480 e. The highest BCUT2D eigenvalue weighted by atomic mass is 35.5. The Bertz CT molecular complexity index is 681. The van der Waals surface area contributed by atoms with E-state index in [0.717, 1.165) is 10.9 Å². The number of carbonyl (C=O) groups excluding carboxylic acids is 1. The Hall–Kier alpha value is -2.01. The minimum atomic E-state index is -1.05. The number of hydrogen-bond acceptors (Lipinski definition) is 2. The molecule has 0 bridgehead atoms. The fourth-order valence-corrected chi connectivity index (χ4v) is 2.46. The molecule has 5 nitrogen and oxygen atoms in total. The third-order valence-corrected chi connectivity index (χ3v) is 4.03. The van der Waals surface area contributed by atoms with E-state index in [9.17, 15) is 14.7 Å². The molecular formula is C15H17ClN2O3. The van der Waals surface area contributed by atoms with Crippen LogP contribution < -0.4 is 5.32 Å². The smallest absolute Gasteiger partial charge is 0.326 e. The van der Waals surface area contributed by atoms with Crippen molar-refractivity contribution in [1.29, 1.82) is 0 Å². The SMILES string of the molecule is CCC(C)C(NC(=O)c1[nH]c2ccccc2c1Cl)C(=O)O. The van der Waals surface area contributed by atoms with Gasteiger partial charge in [-0.1, -0.05) is 50.1 Å². The molecule has 3 N–H and O–H groups in total. The van der Waals surface area contributed by atoms with Gasteiger partial charge in [0, 0.05) is 10.9 Å². The predicted molar refractivity (Wildman–Crippen MR) is 81.7 cm³/mol. The lowest BCUT2D eigenvalue weighted by atomic mass is 9.99. The molecule has 21 heavy (non-hydrogen) atoms. The molecule has 0 aliphatic rings. The fraction of sp³-hybridized carbons (Fsp3) is 0.333. The summed E-state index contributed by atoms with van der Waals surface area (Å²) in [6.45, 7) is 3.66. The number of fused-ring (bicyclic) bond motifs is 1. The number of hydrogen-bond donors (Lipinski definition) is 3. The monoisotopic (exact) mass is 308 g/mol. The van der Waals surface area contributed by atoms with Crippen LogP contribution in [-0.4, -0.2) is 28.0 Å². The Balaban J connectivity index is 2.29. The molecule has 0 spiro atoms. The topological polar surface area (TPSA) is 82.2 Å². The summed E-state index contributed by atoms with van der Waals surface area (Å²) in [6.07, 6.45) is 0.650. The fourth-order valence-electron chi connectivity index (χ4n) is 2.16. The molecule has 1 amide bonds. The van der Waals surface area contributed by atoms with Crippen LogP contribution in [0.1, 0.15) is 30.8 Å². The third kappa shape index (κ3) is 3.03. The van der Waals surface area contributed by atoms with E-state index >= 15 is 0 Å². The van der Waals surface area contributed by atoms with Crippen LogP contribution in [0.4, 0.5) is 0 Å². The van der Waals surface area contributed by atoms with Gasteiger partial charge >= 0.3 is 5.97 Å². The molecule has 112 valence electrons. The molecule has 1 aromatic carbocycles. The summed E-state index contributed by atoms with van der Waals surface area (Å²) >= 11 is 6.19. The molecule has 0 aliphatic heterocycles. The number of amides is 1. The van der Waals surface area contributed by atoms with Crippen molar-refractivity contribution < 1.29 is 14.7 Å². The summed E-state index contributed by atoms with van der Waals surface area (Å²) < 4.78 is 0. The number of benzene rings is 1. The summed E-state index contributed by atoms with van der Waals surface area (Å²) in [5, 5.41) is 12.8. The van der Waals surface area contributed by atoms with E-state index in [-0.39, 0.29) is 11.6 Å². The second kappa shape index (κ2) is 6.18. The normalized spacial score (nSPS) is 13.9. The molecule has 1 heterocycles. The summed E-state index contributed by atoms with van der Waals surface area (Å²) in [5.74, 6) is -1.73. The van der Waals surface area contributed by atoms with Crippen LogP contribution in [0.3, 0.4) is 0 Å². The first-order valence-electron chi connectivity index (χ1n) is 6.75. The Morgan fingerprint density at radius 3 is 2.62 bits per heavy atom. The van der Waals surface area contributed by atoms with Crippen LogP contribution in [-0.2, 0) is 4.79 Å². The van der Waals surface area contributed by atoms with E-state index < -0.39 is 17.9 Å². The zero-order chi connectivity index (χ0) is 15.6. The van der Waals surface area contributed by atoms with Crippen molar-refractivity contribution in [3.8, 4) is 0 Å². The van der Waals surface area contributed by atoms with Crippen molar-refractivity contribution >= 4 is 34.4 Å². The van der Waals surface area contributed by atoms with Crippen LogP contribution in [0.25, 0.3) is 10.9 Å². The van der Waals surface area contributed by atoms with Crippen molar-refractivity contribution in [2.75, 3.05) is 0 Å². The summed E-state index contributed by atoms with van der Waals surface area (Å²) in [4.78, 5) is 26.5. The standard InChI is InChI=1S/C15H17ClN2O3/c1-3-8(2)12(15(20)21)18-14(19)13-11(16)9-6-4-5-7-10(9)17-13/h4-8,12,17H,3H2,1-2H3,(H,18,19)(H,20,21). The van der Waals surface area contributed by atoms with Crippen LogP contribution in [0.15, 0.2) is 24.3 Å². The van der Waals surface area contributed by atoms with E-state index in [1.807, 2.05) is 19.1 Å². The molecule has 0 radical (unpaired) electrons. The van der Waals surface area contributed by atoms with Crippen LogP contribution in [0.5, 0.6) is 0 Å². The van der Waals surface area contributed by atoms with Gasteiger partial charge in [0.25, 0.3) is 5.91 Å². The summed E-state index contributed by atoms with van der Waals surface area (Å²) in [6, 6.07) is 6.32. The number of nitrogens with one attached hydrogen (secondary N) is 2. The number of aliphatic carboxylic acids is 1. The number of aromatic amines is 1. The van der Waals surface area contributed by atoms with E-state index in [2.05, 4.69) is 10.3 Å². The number of rotatable bonds is 5. The predicted octanol–water partition coefficient (Wildman–Crippen LogP) is 3.05. The van der Waals surface area contributed by atoms with Crippen molar-refractivity contribution in [2.45, 2.75) is 26.3 Å². The molecule has 0 saturated carbocycles. The Morgan fingerprint density at radius 1 is 1.38 bits per heavy atom. The number of halogens is 1. The average molecular weight is 309 g/mol. The molecule has 2 unspecified atom stereocenters. The van der Waals surface area contributed by atoms with Crippen molar-refractivity contribution in [1.82, 2.24) is 10.3 Å². The lowest BCUT2D eigenvalue weighted by molar-refractivity contribution is -0.140. The minimum Gasteiger partial charge on any atom is -0.480 e. The van der Waals surface area contributed by atoms with Gasteiger partial charge in [0.15, 0.2) is 0 Å². The third-order valence-electron chi connectivity index (χ3n) is 3.64. The number of carboxylic acid groups (broad SMARTS) is 1. The van der Waals surface area contributed by atoms with Crippen molar-refractivity contribution in [3.63, 3.8) is 0 Å². The highest BCUT2D eigenvalue weighted by molar-refractivity contribution is 6.38. The Morgan fingerprint density at radius 2 is 2.05 bits per heavy atom. The highest BCUT2D eigenvalue weighted by Gasteiger charge is 2.27. The van der Waals surface area contributed by atoms with Gasteiger partial charge in [-0.2, -0.15) is 0 Å². The molecule has 2 atom stereocenters. The average Bonchev–Trinajstić information content (AvgIpc) is 2.81. The van der Waals surface area contributed by atoms with Gasteiger partial charge in [-0.05, 0) is 12.0 Å². The second-order valence-corrected chi connectivity index (χ2v) is 5.41. The van der Waals surface area contributed by atoms with Gasteiger partial charge in [-0.25, -0.2) is 4.79 Å². The molecule has 0 fully saturated rings. The Labute approximate surface area is 127 Å². The zero-order valence-corrected chi connectivity index (χ0v) is 12.6. The van der Waals surface area contributed by atoms with E-state index in [4.69, 9.17) is 11.6 Å². The maximum Gasteiger partial charge on any atom is 0.326 e. The van der Waals surface area contributed by atoms with E-state index in [0.29, 0.717) is 11.4 Å². The van der Waals surface area contributed by atoms with Gasteiger partial charge in [-0.3, -0.25) is 4.79 Å². The first-order valence-corrected chi connectivity index (χ1v) is 7.13. The molecule has 1 aromatic heterocycles. The summed E-state index contributed by atoms with van der Waals surface area (Å²) in [7, 11) is 0. The van der Waals surface area contributed by atoms with Gasteiger partial charge in [0.2, 0.25) is 0 Å². The minimum absolute atomic E-state index is 0.172. The lowest BCUT2D eigenvalue weighted by Crippen LogP contribution is -2.45. The number of carbonyl (C=O) groups is 2. The highest BCUT2D eigenvalue weighted by Crippen LogP contribution is 2.27. The molecule has 6 heteroatoms. The van der Waals surface area contributed by atoms with Crippen molar-refractivity contribution in [2.24, 2.45) is 5.92 Å². The summed E-state index contributed by atoms with van der Waals surface area (Å²) in [5.41, 5.74) is 0.926. The maximum absolute atomic E-state index is 12.3. The maximum atomic E-state index is 12.3. The molecule has 2 rings (SSSR count). The van der Waals surface area contributed by atoms with Crippen LogP contribution in [0, 0.1) is 5.92 Å². The van der Waals surface area contributed by atoms with Gasteiger partial charge in [0.05, 0.1) is 5.02 Å². The first-order chi connectivity index (χ1) is 9.95. The number of carboxylic acids is 1. The van der Waals surface area contributed by atoms with Crippen molar-refractivity contribution in [3.05, 3.63) is 35.0 Å². The van der Waals surface area contributed by atoms with Gasteiger partial charge in [-0.15, -0.1) is 0 Å². The Kier molecular flexibility index (Phi) is 4.53. The number of H-pyrrole nitrogens is 1. The number of para-hydroxylation sites is 1. The van der Waals surface area contributed by atoms with E-state index in [1.54, 1.807) is 19.1 Å². The van der Waals surface area contributed by atoms with E-state index in [1.165, 1.54) is 0 Å². The van der Waals surface area contributed by atoms with Crippen LogP contribution >= 0.6 is 11.6 Å².